The molecular weight excluding hydrogens is 328 g/mol. The number of aromatic nitrogens is 8. The Morgan fingerprint density at radius 3 is 1.32 bits per heavy atom. The molecule has 0 saturated carbocycles. The number of hydrogen-bond acceptors (Lipinski definition) is 12. The molecule has 0 saturated heterocycles. The monoisotopic (exact) mass is 342 g/mol. The van der Waals surface area contributed by atoms with Crippen molar-refractivity contribution >= 4 is 23.5 Å². The highest BCUT2D eigenvalue weighted by molar-refractivity contribution is 7.99. The van der Waals surface area contributed by atoms with Gasteiger partial charge in [-0.2, -0.15) is 0 Å². The van der Waals surface area contributed by atoms with Gasteiger partial charge in [0.25, 0.3) is 0 Å². The van der Waals surface area contributed by atoms with Crippen LogP contribution in [-0.4, -0.2) is 66.5 Å². The van der Waals surface area contributed by atoms with Gasteiger partial charge in [-0.1, -0.05) is 43.9 Å². The van der Waals surface area contributed by atoms with Crippen LogP contribution >= 0.6 is 23.5 Å². The molecule has 2 heterocycles. The Kier molecular flexibility index (Phi) is 6.96. The van der Waals surface area contributed by atoms with Crippen molar-refractivity contribution in [1.29, 1.82) is 0 Å². The second-order valence-electron chi connectivity index (χ2n) is 3.74. The first kappa shape index (κ1) is 16.5. The van der Waals surface area contributed by atoms with Crippen molar-refractivity contribution in [1.82, 2.24) is 40.8 Å². The summed E-state index contributed by atoms with van der Waals surface area (Å²) in [5.74, 6) is 1.77. The fourth-order valence-corrected chi connectivity index (χ4v) is 2.69. The molecule has 0 aliphatic rings. The highest BCUT2D eigenvalue weighted by Crippen LogP contribution is 2.17. The van der Waals surface area contributed by atoms with Crippen molar-refractivity contribution in [2.75, 3.05) is 25.7 Å². The summed E-state index contributed by atoms with van der Waals surface area (Å²) in [5, 5.41) is 31.7. The van der Waals surface area contributed by atoms with Crippen LogP contribution in [0.4, 0.5) is 0 Å². The first-order valence-corrected chi connectivity index (χ1v) is 8.27. The van der Waals surface area contributed by atoms with E-state index in [4.69, 9.17) is 9.47 Å². The first-order valence-electron chi connectivity index (χ1n) is 6.30. The summed E-state index contributed by atoms with van der Waals surface area (Å²) in [4.78, 5) is 0. The Morgan fingerprint density at radius 2 is 1.00 bits per heavy atom. The third kappa shape index (κ3) is 5.52. The number of unbranched alkanes of at least 4 members (excludes halogenated alkanes) is 1. The van der Waals surface area contributed by atoms with Crippen LogP contribution in [0.2, 0.25) is 0 Å². The lowest BCUT2D eigenvalue weighted by Crippen LogP contribution is -2.00. The van der Waals surface area contributed by atoms with E-state index in [1.165, 1.54) is 37.7 Å². The Bertz CT molecular complexity index is 504. The zero-order valence-corrected chi connectivity index (χ0v) is 13.7. The second-order valence-corrected chi connectivity index (χ2v) is 5.87. The molecule has 0 atom stereocenters. The van der Waals surface area contributed by atoms with E-state index in [2.05, 4.69) is 40.8 Å². The van der Waals surface area contributed by atoms with Gasteiger partial charge in [-0.25, -0.2) is 0 Å². The smallest absolute Gasteiger partial charge is 0.354 e. The van der Waals surface area contributed by atoms with Crippen LogP contribution in [0.3, 0.4) is 0 Å². The molecule has 0 aliphatic heterocycles. The molecule has 12 heteroatoms. The van der Waals surface area contributed by atoms with E-state index in [0.717, 1.165) is 24.3 Å². The highest BCUT2D eigenvalue weighted by Gasteiger charge is 2.03. The average Bonchev–Trinajstić information content (AvgIpc) is 2.59. The number of rotatable bonds is 9. The zero-order valence-electron chi connectivity index (χ0n) is 12.0. The molecule has 0 fully saturated rings. The first-order chi connectivity index (χ1) is 10.8. The molecule has 0 aromatic carbocycles. The minimum atomic E-state index is 0.169. The second kappa shape index (κ2) is 9.25. The topological polar surface area (TPSA) is 122 Å². The summed E-state index contributed by atoms with van der Waals surface area (Å²) in [6.45, 7) is 0. The summed E-state index contributed by atoms with van der Waals surface area (Å²) in [6.07, 6.45) is 2.01. The van der Waals surface area contributed by atoms with Crippen LogP contribution in [0.5, 0.6) is 12.0 Å². The normalized spacial score (nSPS) is 10.5. The molecule has 2 aromatic rings. The van der Waals surface area contributed by atoms with Crippen LogP contribution in [0.15, 0.2) is 10.3 Å². The Balaban J connectivity index is 1.58. The molecule has 0 bridgehead atoms. The largest absolute Gasteiger partial charge is 0.465 e. The van der Waals surface area contributed by atoms with Gasteiger partial charge in [-0.15, -0.1) is 20.4 Å². The lowest BCUT2D eigenvalue weighted by atomic mass is 10.4. The van der Waals surface area contributed by atoms with E-state index in [0.29, 0.717) is 10.3 Å². The van der Waals surface area contributed by atoms with Gasteiger partial charge >= 0.3 is 12.0 Å². The van der Waals surface area contributed by atoms with Crippen molar-refractivity contribution < 1.29 is 9.47 Å². The predicted molar refractivity (Wildman–Crippen MR) is 79.0 cm³/mol. The number of hydrogen-bond donors (Lipinski definition) is 0. The molecule has 0 N–H and O–H groups in total. The highest BCUT2D eigenvalue weighted by atomic mass is 32.2. The number of nitrogens with zero attached hydrogens (tertiary/aromatic N) is 8. The summed E-state index contributed by atoms with van der Waals surface area (Å²) < 4.78 is 9.59. The Hall–Kier alpha value is -1.82. The molecule has 10 nitrogen and oxygen atoms in total. The minimum absolute atomic E-state index is 0.169. The van der Waals surface area contributed by atoms with Crippen LogP contribution in [-0.2, 0) is 0 Å². The van der Waals surface area contributed by atoms with E-state index in [1.54, 1.807) is 0 Å². The molecule has 0 spiro atoms. The van der Waals surface area contributed by atoms with Crippen LogP contribution in [0.1, 0.15) is 12.8 Å². The van der Waals surface area contributed by atoms with Gasteiger partial charge in [0, 0.05) is 11.5 Å². The van der Waals surface area contributed by atoms with Gasteiger partial charge in [-0.3, -0.25) is 0 Å². The molecule has 0 amide bonds. The maximum Gasteiger partial charge on any atom is 0.354 e. The molecular formula is C10H14N8O2S2. The summed E-state index contributed by atoms with van der Waals surface area (Å²) in [6, 6.07) is 0.338. The van der Waals surface area contributed by atoms with E-state index in [1.807, 2.05) is 0 Å². The van der Waals surface area contributed by atoms with Gasteiger partial charge in [-0.05, 0) is 12.8 Å². The number of methoxy groups -OCH3 is 2. The maximum absolute atomic E-state index is 4.79. The third-order valence-corrected chi connectivity index (χ3v) is 4.08. The Morgan fingerprint density at radius 1 is 0.636 bits per heavy atom. The van der Waals surface area contributed by atoms with Gasteiger partial charge in [0.2, 0.25) is 10.3 Å². The fraction of sp³-hybridized carbons (Fsp3) is 0.600. The lowest BCUT2D eigenvalue weighted by molar-refractivity contribution is 0.360. The quantitative estimate of drug-likeness (QED) is 0.466. The molecule has 22 heavy (non-hydrogen) atoms. The SMILES string of the molecule is COc1nnc(SCCCCSc2nnc(OC)nn2)nn1. The summed E-state index contributed by atoms with van der Waals surface area (Å²) >= 11 is 3.01. The summed E-state index contributed by atoms with van der Waals surface area (Å²) in [5.41, 5.74) is 0. The van der Waals surface area contributed by atoms with Crippen molar-refractivity contribution in [2.24, 2.45) is 0 Å². The van der Waals surface area contributed by atoms with E-state index in [9.17, 15) is 0 Å². The number of ether oxygens (including phenoxy) is 2. The van der Waals surface area contributed by atoms with Crippen LogP contribution in [0, 0.1) is 0 Å². The average molecular weight is 342 g/mol. The van der Waals surface area contributed by atoms with Crippen molar-refractivity contribution in [3.63, 3.8) is 0 Å². The number of thioether (sulfide) groups is 2. The fourth-order valence-electron chi connectivity index (χ4n) is 1.23. The maximum atomic E-state index is 4.79. The van der Waals surface area contributed by atoms with Gasteiger partial charge in [0.1, 0.15) is 0 Å². The van der Waals surface area contributed by atoms with E-state index < -0.39 is 0 Å². The van der Waals surface area contributed by atoms with Crippen molar-refractivity contribution in [3.05, 3.63) is 0 Å². The van der Waals surface area contributed by atoms with Crippen molar-refractivity contribution in [3.8, 4) is 12.0 Å². The zero-order chi connectivity index (χ0) is 15.6. The summed E-state index contributed by atoms with van der Waals surface area (Å²) in [7, 11) is 2.95. The molecule has 0 radical (unpaired) electrons. The lowest BCUT2D eigenvalue weighted by Gasteiger charge is -2.00. The molecule has 0 aliphatic carbocycles. The molecule has 2 rings (SSSR count). The molecule has 118 valence electrons. The van der Waals surface area contributed by atoms with Crippen LogP contribution in [0.25, 0.3) is 0 Å². The minimum Gasteiger partial charge on any atom is -0.465 e. The standard InChI is InChI=1S/C10H14N8O2S2/c1-19-7-11-15-9(16-12-7)21-5-3-4-6-22-10-17-13-8(20-2)14-18-10/h3-6H2,1-2H3. The van der Waals surface area contributed by atoms with E-state index >= 15 is 0 Å². The molecule has 0 unspecified atom stereocenters. The molecule has 2 aromatic heterocycles. The van der Waals surface area contributed by atoms with Gasteiger partial charge in [0.15, 0.2) is 0 Å². The van der Waals surface area contributed by atoms with Crippen LogP contribution < -0.4 is 9.47 Å². The predicted octanol–water partition coefficient (Wildman–Crippen LogP) is 0.528. The van der Waals surface area contributed by atoms with Crippen molar-refractivity contribution in [2.45, 2.75) is 23.2 Å². The van der Waals surface area contributed by atoms with E-state index in [-0.39, 0.29) is 12.0 Å². The van der Waals surface area contributed by atoms with Gasteiger partial charge in [0.05, 0.1) is 14.2 Å². The van der Waals surface area contributed by atoms with Gasteiger partial charge < -0.3 is 9.47 Å². The third-order valence-electron chi connectivity index (χ3n) is 2.25. The Labute approximate surface area is 135 Å².